The first-order valence-electron chi connectivity index (χ1n) is 6.61. The van der Waals surface area contributed by atoms with Crippen molar-refractivity contribution >= 4 is 16.6 Å². The van der Waals surface area contributed by atoms with Crippen molar-refractivity contribution in [3.63, 3.8) is 0 Å². The summed E-state index contributed by atoms with van der Waals surface area (Å²) < 4.78 is 7.77. The molecule has 0 radical (unpaired) electrons. The third kappa shape index (κ3) is 2.42. The van der Waals surface area contributed by atoms with Crippen LogP contribution in [0.4, 0.5) is 5.69 Å². The third-order valence-corrected chi connectivity index (χ3v) is 3.02. The monoisotopic (exact) mass is 268 g/mol. The van der Waals surface area contributed by atoms with Crippen molar-refractivity contribution in [2.75, 3.05) is 5.73 Å². The summed E-state index contributed by atoms with van der Waals surface area (Å²) in [7, 11) is 0. The molecule has 5 nitrogen and oxygen atoms in total. The first-order valence-corrected chi connectivity index (χ1v) is 6.61. The molecule has 0 amide bonds. The highest BCUT2D eigenvalue weighted by molar-refractivity contribution is 5.87. The molecular weight excluding hydrogens is 252 g/mol. The summed E-state index contributed by atoms with van der Waals surface area (Å²) in [6, 6.07) is 7.44. The number of benzene rings is 1. The molecule has 3 aromatic rings. The van der Waals surface area contributed by atoms with Gasteiger partial charge in [-0.25, -0.2) is 0 Å². The summed E-state index contributed by atoms with van der Waals surface area (Å²) in [6.45, 7) is 3.00. The fourth-order valence-electron chi connectivity index (χ4n) is 2.10. The summed E-state index contributed by atoms with van der Waals surface area (Å²) in [4.78, 5) is 4.30. The minimum atomic E-state index is 0.693. The van der Waals surface area contributed by atoms with Crippen LogP contribution in [0.2, 0.25) is 0 Å². The molecule has 0 aliphatic rings. The van der Waals surface area contributed by atoms with E-state index in [0.717, 1.165) is 35.4 Å². The van der Waals surface area contributed by atoms with E-state index in [1.165, 1.54) is 0 Å². The number of nitrogen functional groups attached to an aromatic ring is 1. The predicted molar refractivity (Wildman–Crippen MR) is 78.7 cm³/mol. The fraction of sp³-hybridized carbons (Fsp3) is 0.200. The predicted octanol–water partition coefficient (Wildman–Crippen LogP) is 3.22. The summed E-state index contributed by atoms with van der Waals surface area (Å²) in [5.41, 5.74) is 7.28. The molecule has 102 valence electrons. The third-order valence-electron chi connectivity index (χ3n) is 3.02. The van der Waals surface area contributed by atoms with E-state index < -0.39 is 0 Å². The topological polar surface area (TPSA) is 66.0 Å². The largest absolute Gasteiger partial charge is 0.453 e. The van der Waals surface area contributed by atoms with Crippen LogP contribution >= 0.6 is 0 Å². The van der Waals surface area contributed by atoms with E-state index in [1.807, 2.05) is 35.1 Å². The van der Waals surface area contributed by atoms with E-state index in [2.05, 4.69) is 17.0 Å². The molecule has 2 heterocycles. The van der Waals surface area contributed by atoms with Crippen molar-refractivity contribution in [1.82, 2.24) is 14.8 Å². The van der Waals surface area contributed by atoms with Gasteiger partial charge in [-0.05, 0) is 30.7 Å². The van der Waals surface area contributed by atoms with Gasteiger partial charge in [-0.1, -0.05) is 6.92 Å². The Hall–Kier alpha value is -2.56. The van der Waals surface area contributed by atoms with Gasteiger partial charge in [-0.15, -0.1) is 0 Å². The van der Waals surface area contributed by atoms with Gasteiger partial charge in [-0.2, -0.15) is 5.10 Å². The molecule has 0 bridgehead atoms. The number of aryl methyl sites for hydroxylation is 1. The van der Waals surface area contributed by atoms with Crippen molar-refractivity contribution in [3.05, 3.63) is 42.9 Å². The molecule has 0 saturated carbocycles. The van der Waals surface area contributed by atoms with Crippen molar-refractivity contribution in [2.45, 2.75) is 19.9 Å². The zero-order valence-corrected chi connectivity index (χ0v) is 11.3. The SMILES string of the molecule is CCCn1cc(Oc2ccnc3cc(N)ccc23)cn1. The second-order valence-electron chi connectivity index (χ2n) is 4.63. The molecule has 2 N–H and O–H groups in total. The highest BCUT2D eigenvalue weighted by Crippen LogP contribution is 2.29. The Morgan fingerprint density at radius 3 is 3.05 bits per heavy atom. The maximum atomic E-state index is 5.89. The van der Waals surface area contributed by atoms with E-state index in [0.29, 0.717) is 5.69 Å². The fourth-order valence-corrected chi connectivity index (χ4v) is 2.10. The molecule has 0 fully saturated rings. The van der Waals surface area contributed by atoms with Crippen LogP contribution in [0.5, 0.6) is 11.5 Å². The minimum Gasteiger partial charge on any atom is -0.453 e. The Balaban J connectivity index is 1.93. The maximum absolute atomic E-state index is 5.89. The molecule has 0 unspecified atom stereocenters. The van der Waals surface area contributed by atoms with Crippen LogP contribution in [0.25, 0.3) is 10.9 Å². The summed E-state index contributed by atoms with van der Waals surface area (Å²) in [5, 5.41) is 5.19. The van der Waals surface area contributed by atoms with Crippen LogP contribution in [0.15, 0.2) is 42.9 Å². The second kappa shape index (κ2) is 5.21. The van der Waals surface area contributed by atoms with Crippen LogP contribution in [0.3, 0.4) is 0 Å². The number of rotatable bonds is 4. The summed E-state index contributed by atoms with van der Waals surface area (Å²) in [5.74, 6) is 1.48. The van der Waals surface area contributed by atoms with Gasteiger partial charge in [0.1, 0.15) is 5.75 Å². The number of nitrogens with two attached hydrogens (primary N) is 1. The van der Waals surface area contributed by atoms with Gasteiger partial charge in [0, 0.05) is 23.8 Å². The average molecular weight is 268 g/mol. The lowest BCUT2D eigenvalue weighted by Gasteiger charge is -2.06. The number of anilines is 1. The van der Waals surface area contributed by atoms with Gasteiger partial charge < -0.3 is 10.5 Å². The highest BCUT2D eigenvalue weighted by atomic mass is 16.5. The molecule has 0 saturated heterocycles. The molecule has 3 rings (SSSR count). The number of nitrogens with zero attached hydrogens (tertiary/aromatic N) is 3. The first kappa shape index (κ1) is 12.5. The first-order chi connectivity index (χ1) is 9.76. The van der Waals surface area contributed by atoms with Gasteiger partial charge in [0.2, 0.25) is 0 Å². The van der Waals surface area contributed by atoms with Gasteiger partial charge in [0.25, 0.3) is 0 Å². The van der Waals surface area contributed by atoms with Crippen LogP contribution in [-0.2, 0) is 6.54 Å². The lowest BCUT2D eigenvalue weighted by molar-refractivity contribution is 0.485. The van der Waals surface area contributed by atoms with Crippen molar-refractivity contribution < 1.29 is 4.74 Å². The van der Waals surface area contributed by atoms with Crippen molar-refractivity contribution in [2.24, 2.45) is 0 Å². The van der Waals surface area contributed by atoms with Gasteiger partial charge >= 0.3 is 0 Å². The van der Waals surface area contributed by atoms with Gasteiger partial charge in [-0.3, -0.25) is 9.67 Å². The molecule has 2 aromatic heterocycles. The van der Waals surface area contributed by atoms with Gasteiger partial charge in [0.05, 0.1) is 17.9 Å². The van der Waals surface area contributed by atoms with Crippen LogP contribution in [-0.4, -0.2) is 14.8 Å². The molecule has 20 heavy (non-hydrogen) atoms. The molecular formula is C15H16N4O. The standard InChI is InChI=1S/C15H16N4O/c1-2-7-19-10-12(9-18-19)20-15-5-6-17-14-8-11(16)3-4-13(14)15/h3-6,8-10H,2,7,16H2,1H3. The number of pyridine rings is 1. The Labute approximate surface area is 117 Å². The van der Waals surface area contributed by atoms with Crippen molar-refractivity contribution in [1.29, 1.82) is 0 Å². The maximum Gasteiger partial charge on any atom is 0.165 e. The van der Waals surface area contributed by atoms with E-state index >= 15 is 0 Å². The van der Waals surface area contributed by atoms with E-state index in [1.54, 1.807) is 12.4 Å². The average Bonchev–Trinajstić information content (AvgIpc) is 2.86. The normalized spacial score (nSPS) is 10.8. The Morgan fingerprint density at radius 1 is 1.30 bits per heavy atom. The number of aromatic nitrogens is 3. The van der Waals surface area contributed by atoms with E-state index in [9.17, 15) is 0 Å². The quantitative estimate of drug-likeness (QED) is 0.738. The Morgan fingerprint density at radius 2 is 2.20 bits per heavy atom. The Bertz CT molecular complexity index is 736. The number of ether oxygens (including phenoxy) is 1. The molecule has 0 spiro atoms. The van der Waals surface area contributed by atoms with Crippen LogP contribution in [0.1, 0.15) is 13.3 Å². The van der Waals surface area contributed by atoms with Crippen molar-refractivity contribution in [3.8, 4) is 11.5 Å². The number of hydrogen-bond acceptors (Lipinski definition) is 4. The lowest BCUT2D eigenvalue weighted by Crippen LogP contribution is -1.95. The zero-order valence-electron chi connectivity index (χ0n) is 11.3. The summed E-state index contributed by atoms with van der Waals surface area (Å²) >= 11 is 0. The molecule has 0 atom stereocenters. The highest BCUT2D eigenvalue weighted by Gasteiger charge is 2.06. The second-order valence-corrected chi connectivity index (χ2v) is 4.63. The zero-order chi connectivity index (χ0) is 13.9. The summed E-state index contributed by atoms with van der Waals surface area (Å²) in [6.07, 6.45) is 6.37. The molecule has 5 heteroatoms. The van der Waals surface area contributed by atoms with E-state index in [4.69, 9.17) is 10.5 Å². The van der Waals surface area contributed by atoms with Crippen LogP contribution in [0, 0.1) is 0 Å². The minimum absolute atomic E-state index is 0.693. The Kier molecular flexibility index (Phi) is 3.25. The van der Waals surface area contributed by atoms with Crippen LogP contribution < -0.4 is 10.5 Å². The number of fused-ring (bicyclic) bond motifs is 1. The molecule has 0 aliphatic heterocycles. The molecule has 0 aliphatic carbocycles. The van der Waals surface area contributed by atoms with Gasteiger partial charge in [0.15, 0.2) is 5.75 Å². The molecule has 1 aromatic carbocycles. The number of hydrogen-bond donors (Lipinski definition) is 1. The lowest BCUT2D eigenvalue weighted by atomic mass is 10.2. The van der Waals surface area contributed by atoms with E-state index in [-0.39, 0.29) is 0 Å². The smallest absolute Gasteiger partial charge is 0.165 e.